The molecule has 0 radical (unpaired) electrons. The Morgan fingerprint density at radius 3 is 2.53 bits per heavy atom. The smallest absolute Gasteiger partial charge is 0.225 e. The van der Waals surface area contributed by atoms with Crippen molar-refractivity contribution in [2.75, 3.05) is 20.6 Å². The molecular weight excluding hydrogens is 232 g/mol. The Bertz CT molecular complexity index is 352. The van der Waals surface area contributed by atoms with Crippen molar-refractivity contribution in [3.63, 3.8) is 0 Å². The number of carbonyl (C=O) groups is 1. The number of thiophene rings is 1. The Balaban J connectivity index is 2.61. The molecule has 0 aromatic carbocycles. The number of nitrogens with zero attached hydrogens (tertiary/aromatic N) is 1. The van der Waals surface area contributed by atoms with E-state index in [-0.39, 0.29) is 17.4 Å². The van der Waals surface area contributed by atoms with E-state index in [1.54, 1.807) is 11.3 Å². The van der Waals surface area contributed by atoms with Crippen molar-refractivity contribution in [3.05, 3.63) is 22.4 Å². The summed E-state index contributed by atoms with van der Waals surface area (Å²) in [6, 6.07) is 4.40. The fraction of sp³-hybridized carbons (Fsp3) is 0.615. The molecule has 1 aromatic rings. The molecule has 17 heavy (non-hydrogen) atoms. The highest BCUT2D eigenvalue weighted by Crippen LogP contribution is 2.23. The van der Waals surface area contributed by atoms with Crippen LogP contribution in [-0.4, -0.2) is 31.4 Å². The van der Waals surface area contributed by atoms with E-state index in [0.29, 0.717) is 6.54 Å². The van der Waals surface area contributed by atoms with Crippen LogP contribution in [0.25, 0.3) is 0 Å². The summed E-state index contributed by atoms with van der Waals surface area (Å²) in [7, 11) is 4.07. The molecule has 1 N–H and O–H groups in total. The lowest BCUT2D eigenvalue weighted by atomic mass is 9.95. The lowest BCUT2D eigenvalue weighted by Gasteiger charge is -2.25. The van der Waals surface area contributed by atoms with Crippen molar-refractivity contribution in [2.45, 2.75) is 26.8 Å². The third-order valence-corrected chi connectivity index (χ3v) is 3.61. The van der Waals surface area contributed by atoms with Crippen molar-refractivity contribution in [3.8, 4) is 0 Å². The third kappa shape index (κ3) is 4.13. The van der Waals surface area contributed by atoms with E-state index in [9.17, 15) is 4.79 Å². The van der Waals surface area contributed by atoms with Crippen LogP contribution in [0.3, 0.4) is 0 Å². The zero-order valence-electron chi connectivity index (χ0n) is 11.3. The van der Waals surface area contributed by atoms with Gasteiger partial charge in [-0.1, -0.05) is 26.8 Å². The van der Waals surface area contributed by atoms with E-state index in [1.165, 1.54) is 4.88 Å². The highest BCUT2D eigenvalue weighted by molar-refractivity contribution is 7.10. The second-order valence-electron chi connectivity index (χ2n) is 5.45. The third-order valence-electron chi connectivity index (χ3n) is 2.63. The molecule has 1 heterocycles. The van der Waals surface area contributed by atoms with Gasteiger partial charge < -0.3 is 10.2 Å². The molecule has 0 spiro atoms. The molecule has 0 unspecified atom stereocenters. The van der Waals surface area contributed by atoms with Crippen LogP contribution in [0.5, 0.6) is 0 Å². The Morgan fingerprint density at radius 1 is 1.47 bits per heavy atom. The number of likely N-dealkylation sites (N-methyl/N-ethyl adjacent to an activating group) is 1. The van der Waals surface area contributed by atoms with Crippen LogP contribution in [0.4, 0.5) is 0 Å². The largest absolute Gasteiger partial charge is 0.354 e. The van der Waals surface area contributed by atoms with Crippen LogP contribution in [0.1, 0.15) is 31.7 Å². The number of rotatable bonds is 4. The summed E-state index contributed by atoms with van der Waals surface area (Å²) in [4.78, 5) is 15.3. The summed E-state index contributed by atoms with van der Waals surface area (Å²) >= 11 is 1.73. The monoisotopic (exact) mass is 254 g/mol. The molecule has 0 saturated carbocycles. The maximum atomic E-state index is 11.8. The zero-order valence-corrected chi connectivity index (χ0v) is 12.1. The van der Waals surface area contributed by atoms with Crippen molar-refractivity contribution in [2.24, 2.45) is 5.41 Å². The standard InChI is InChI=1S/C13H22N2OS/c1-13(2,3)12(16)14-9-10(15(4)5)11-7-6-8-17-11/h6-8,10H,9H2,1-5H3,(H,14,16)/t10-/m1/s1. The zero-order chi connectivity index (χ0) is 13.1. The summed E-state index contributed by atoms with van der Waals surface area (Å²) in [5, 5.41) is 5.09. The molecule has 0 aliphatic rings. The van der Waals surface area contributed by atoms with Crippen molar-refractivity contribution in [1.29, 1.82) is 0 Å². The number of nitrogens with one attached hydrogen (secondary N) is 1. The van der Waals surface area contributed by atoms with Gasteiger partial charge in [0, 0.05) is 16.8 Å². The fourth-order valence-electron chi connectivity index (χ4n) is 1.47. The number of amides is 1. The van der Waals surface area contributed by atoms with Gasteiger partial charge in [-0.3, -0.25) is 4.79 Å². The highest BCUT2D eigenvalue weighted by atomic mass is 32.1. The molecule has 0 saturated heterocycles. The molecule has 1 amide bonds. The minimum atomic E-state index is -0.327. The van der Waals surface area contributed by atoms with Crippen LogP contribution in [-0.2, 0) is 4.79 Å². The van der Waals surface area contributed by atoms with E-state index < -0.39 is 0 Å². The first-order chi connectivity index (χ1) is 7.82. The Morgan fingerprint density at radius 2 is 2.12 bits per heavy atom. The molecule has 1 atom stereocenters. The minimum absolute atomic E-state index is 0.0981. The van der Waals surface area contributed by atoms with Crippen LogP contribution in [0, 0.1) is 5.41 Å². The maximum Gasteiger partial charge on any atom is 0.225 e. The number of hydrogen-bond donors (Lipinski definition) is 1. The van der Waals surface area contributed by atoms with Crippen molar-refractivity contribution >= 4 is 17.2 Å². The van der Waals surface area contributed by atoms with Gasteiger partial charge in [0.05, 0.1) is 6.04 Å². The summed E-state index contributed by atoms with van der Waals surface area (Å²) in [5.41, 5.74) is -0.327. The maximum absolute atomic E-state index is 11.8. The van der Waals surface area contributed by atoms with Gasteiger partial charge in [0.2, 0.25) is 5.91 Å². The summed E-state index contributed by atoms with van der Waals surface area (Å²) in [6.07, 6.45) is 0. The Hall–Kier alpha value is -0.870. The first-order valence-electron chi connectivity index (χ1n) is 5.80. The SMILES string of the molecule is CN(C)[C@H](CNC(=O)C(C)(C)C)c1cccs1. The van der Waals surface area contributed by atoms with E-state index in [2.05, 4.69) is 21.7 Å². The average molecular weight is 254 g/mol. The van der Waals surface area contributed by atoms with E-state index in [1.807, 2.05) is 40.9 Å². The molecule has 0 aliphatic carbocycles. The molecule has 0 bridgehead atoms. The van der Waals surface area contributed by atoms with Gasteiger partial charge >= 0.3 is 0 Å². The van der Waals surface area contributed by atoms with Gasteiger partial charge in [-0.15, -0.1) is 11.3 Å². The van der Waals surface area contributed by atoms with Crippen LogP contribution < -0.4 is 5.32 Å². The molecule has 3 nitrogen and oxygen atoms in total. The topological polar surface area (TPSA) is 32.3 Å². The predicted molar refractivity (Wildman–Crippen MR) is 73.2 cm³/mol. The fourth-order valence-corrected chi connectivity index (χ4v) is 2.40. The number of hydrogen-bond acceptors (Lipinski definition) is 3. The van der Waals surface area contributed by atoms with Crippen LogP contribution in [0.15, 0.2) is 17.5 Å². The van der Waals surface area contributed by atoms with E-state index in [4.69, 9.17) is 0 Å². The lowest BCUT2D eigenvalue weighted by Crippen LogP contribution is -2.39. The van der Waals surface area contributed by atoms with Gasteiger partial charge in [0.1, 0.15) is 0 Å². The van der Waals surface area contributed by atoms with Crippen LogP contribution in [0.2, 0.25) is 0 Å². The van der Waals surface area contributed by atoms with E-state index >= 15 is 0 Å². The highest BCUT2D eigenvalue weighted by Gasteiger charge is 2.23. The molecule has 0 aliphatic heterocycles. The van der Waals surface area contributed by atoms with Gasteiger partial charge in [-0.2, -0.15) is 0 Å². The average Bonchev–Trinajstić information content (AvgIpc) is 2.69. The Labute approximate surface area is 108 Å². The van der Waals surface area contributed by atoms with Gasteiger partial charge in [-0.05, 0) is 25.5 Å². The lowest BCUT2D eigenvalue weighted by molar-refractivity contribution is -0.128. The van der Waals surface area contributed by atoms with Gasteiger partial charge in [-0.25, -0.2) is 0 Å². The molecule has 1 rings (SSSR count). The number of carbonyl (C=O) groups excluding carboxylic acids is 1. The normalized spacial score (nSPS) is 13.8. The first-order valence-corrected chi connectivity index (χ1v) is 6.68. The Kier molecular flexibility index (Phi) is 4.71. The molecule has 4 heteroatoms. The summed E-state index contributed by atoms with van der Waals surface area (Å²) in [6.45, 7) is 6.44. The molecular formula is C13H22N2OS. The second kappa shape index (κ2) is 5.65. The molecule has 96 valence electrons. The first kappa shape index (κ1) is 14.2. The van der Waals surface area contributed by atoms with Crippen LogP contribution >= 0.6 is 11.3 Å². The second-order valence-corrected chi connectivity index (χ2v) is 6.43. The van der Waals surface area contributed by atoms with Crippen molar-refractivity contribution < 1.29 is 4.79 Å². The minimum Gasteiger partial charge on any atom is -0.354 e. The molecule has 0 fully saturated rings. The summed E-state index contributed by atoms with van der Waals surface area (Å²) < 4.78 is 0. The molecule has 1 aromatic heterocycles. The predicted octanol–water partition coefficient (Wildman–Crippen LogP) is 2.51. The summed E-state index contributed by atoms with van der Waals surface area (Å²) in [5.74, 6) is 0.0981. The van der Waals surface area contributed by atoms with Gasteiger partial charge in [0.15, 0.2) is 0 Å². The van der Waals surface area contributed by atoms with Crippen molar-refractivity contribution in [1.82, 2.24) is 10.2 Å². The van der Waals surface area contributed by atoms with Gasteiger partial charge in [0.25, 0.3) is 0 Å². The van der Waals surface area contributed by atoms with E-state index in [0.717, 1.165) is 0 Å². The quantitative estimate of drug-likeness (QED) is 0.895.